The maximum absolute atomic E-state index is 14.3. The van der Waals surface area contributed by atoms with Crippen molar-refractivity contribution in [1.29, 1.82) is 0 Å². The molecule has 0 atom stereocenters. The minimum atomic E-state index is -3.70. The number of phenolic OH excluding ortho intramolecular Hbond substituents is 2. The van der Waals surface area contributed by atoms with Gasteiger partial charge in [-0.15, -0.1) is 0 Å². The van der Waals surface area contributed by atoms with Crippen LogP contribution in [-0.4, -0.2) is 10.2 Å². The molecule has 0 aliphatic heterocycles. The number of ether oxygens (including phenoxy) is 2. The van der Waals surface area contributed by atoms with Crippen LogP contribution in [0.15, 0.2) is 66.7 Å². The summed E-state index contributed by atoms with van der Waals surface area (Å²) in [4.78, 5) is 0. The first-order valence-corrected chi connectivity index (χ1v) is 8.40. The molecule has 0 unspecified atom stereocenters. The van der Waals surface area contributed by atoms with Gasteiger partial charge in [0.2, 0.25) is 0 Å². The molecule has 0 saturated heterocycles. The Morgan fingerprint density at radius 1 is 0.655 bits per heavy atom. The lowest BCUT2D eigenvalue weighted by Crippen LogP contribution is -2.23. The maximum atomic E-state index is 14.3. The van der Waals surface area contributed by atoms with Crippen LogP contribution in [0.1, 0.15) is 16.7 Å². The molecule has 3 aromatic rings. The summed E-state index contributed by atoms with van der Waals surface area (Å²) in [5, 5.41) is 18.4. The fourth-order valence-electron chi connectivity index (χ4n) is 2.51. The van der Waals surface area contributed by atoms with Gasteiger partial charge < -0.3 is 19.7 Å². The maximum Gasteiger partial charge on any atom is 0.426 e. The Labute approximate surface area is 163 Å². The third kappa shape index (κ3) is 4.71. The zero-order valence-electron chi connectivity index (χ0n) is 15.1. The highest BCUT2D eigenvalue weighted by atomic mass is 19.3. The van der Waals surface area contributed by atoms with Gasteiger partial charge in [0.05, 0.1) is 11.1 Å². The second kappa shape index (κ2) is 7.54. The lowest BCUT2D eigenvalue weighted by atomic mass is 10.2. The normalized spacial score (nSPS) is 11.9. The summed E-state index contributed by atoms with van der Waals surface area (Å²) in [7, 11) is 0. The van der Waals surface area contributed by atoms with E-state index in [0.717, 1.165) is 66.7 Å². The highest BCUT2D eigenvalue weighted by molar-refractivity contribution is 5.41. The molecule has 2 N–H and O–H groups in total. The molecule has 0 bridgehead atoms. The van der Waals surface area contributed by atoms with Crippen molar-refractivity contribution >= 4 is 0 Å². The van der Waals surface area contributed by atoms with E-state index in [1.54, 1.807) is 0 Å². The third-order valence-corrected chi connectivity index (χ3v) is 4.04. The van der Waals surface area contributed by atoms with E-state index >= 15 is 0 Å². The van der Waals surface area contributed by atoms with Crippen molar-refractivity contribution in [3.63, 3.8) is 0 Å². The number of rotatable bonds is 6. The summed E-state index contributed by atoms with van der Waals surface area (Å²) in [5.74, 6) is -0.808. The number of phenols is 2. The minimum Gasteiger partial charge on any atom is -0.508 e. The molecule has 4 nitrogen and oxygen atoms in total. The number of hydrogen-bond donors (Lipinski definition) is 2. The lowest BCUT2D eigenvalue weighted by Gasteiger charge is -2.21. The quantitative estimate of drug-likeness (QED) is 0.517. The van der Waals surface area contributed by atoms with E-state index in [1.807, 2.05) is 0 Å². The van der Waals surface area contributed by atoms with Gasteiger partial charge in [0, 0.05) is 0 Å². The highest BCUT2D eigenvalue weighted by Gasteiger charge is 2.36. The van der Waals surface area contributed by atoms with Crippen molar-refractivity contribution in [2.45, 2.75) is 19.1 Å². The Bertz CT molecular complexity index is 987. The SMILES string of the molecule is Cc1cc(OC(F)(F)c2ccc(O)cc2)ccc1OC(F)(F)c1ccc(O)cc1. The second-order valence-corrected chi connectivity index (χ2v) is 6.26. The number of benzene rings is 3. The molecular formula is C21H16F4O4. The van der Waals surface area contributed by atoms with Crippen molar-refractivity contribution in [3.8, 4) is 23.0 Å². The fourth-order valence-corrected chi connectivity index (χ4v) is 2.51. The first kappa shape index (κ1) is 20.3. The van der Waals surface area contributed by atoms with Gasteiger partial charge in [-0.05, 0) is 79.2 Å². The fraction of sp³-hybridized carbons (Fsp3) is 0.143. The van der Waals surface area contributed by atoms with E-state index < -0.39 is 23.3 Å². The molecule has 0 fully saturated rings. The molecular weight excluding hydrogens is 392 g/mol. The topological polar surface area (TPSA) is 58.9 Å². The summed E-state index contributed by atoms with van der Waals surface area (Å²) < 4.78 is 66.6. The van der Waals surface area contributed by atoms with E-state index in [4.69, 9.17) is 9.47 Å². The van der Waals surface area contributed by atoms with Crippen LogP contribution >= 0.6 is 0 Å². The van der Waals surface area contributed by atoms with E-state index in [2.05, 4.69) is 0 Å². The Kier molecular flexibility index (Phi) is 5.28. The van der Waals surface area contributed by atoms with E-state index in [9.17, 15) is 27.8 Å². The van der Waals surface area contributed by atoms with E-state index in [1.165, 1.54) is 6.92 Å². The summed E-state index contributed by atoms with van der Waals surface area (Å²) in [6.07, 6.45) is -7.39. The van der Waals surface area contributed by atoms with E-state index in [-0.39, 0.29) is 28.6 Å². The molecule has 152 valence electrons. The first-order valence-electron chi connectivity index (χ1n) is 8.40. The van der Waals surface area contributed by atoms with Crippen LogP contribution in [0.3, 0.4) is 0 Å². The number of hydrogen-bond acceptors (Lipinski definition) is 4. The van der Waals surface area contributed by atoms with Crippen LogP contribution < -0.4 is 9.47 Å². The Morgan fingerprint density at radius 3 is 1.55 bits per heavy atom. The van der Waals surface area contributed by atoms with Crippen LogP contribution in [0, 0.1) is 6.92 Å². The standard InChI is InChI=1S/C21H16F4O4/c1-13-12-18(28-20(22,23)14-2-6-16(26)7-3-14)10-11-19(13)29-21(24,25)15-4-8-17(27)9-5-15/h2-12,26-27H,1H3. The molecule has 0 aliphatic rings. The Balaban J connectivity index is 1.77. The second-order valence-electron chi connectivity index (χ2n) is 6.26. The van der Waals surface area contributed by atoms with Crippen molar-refractivity contribution in [1.82, 2.24) is 0 Å². The van der Waals surface area contributed by atoms with Gasteiger partial charge in [-0.3, -0.25) is 0 Å². The van der Waals surface area contributed by atoms with Gasteiger partial charge in [0.1, 0.15) is 23.0 Å². The van der Waals surface area contributed by atoms with Gasteiger partial charge in [-0.1, -0.05) is 0 Å². The lowest BCUT2D eigenvalue weighted by molar-refractivity contribution is -0.188. The molecule has 8 heteroatoms. The number of alkyl halides is 4. The number of halogens is 4. The van der Waals surface area contributed by atoms with Crippen molar-refractivity contribution in [3.05, 3.63) is 83.4 Å². The van der Waals surface area contributed by atoms with Gasteiger partial charge in [-0.2, -0.15) is 17.6 Å². The highest BCUT2D eigenvalue weighted by Crippen LogP contribution is 2.37. The molecule has 0 aliphatic carbocycles. The molecule has 0 saturated carbocycles. The Hall–Kier alpha value is -3.42. The Morgan fingerprint density at radius 2 is 1.10 bits per heavy atom. The summed E-state index contributed by atoms with van der Waals surface area (Å²) in [6, 6.07) is 11.8. The van der Waals surface area contributed by atoms with Gasteiger partial charge in [0.25, 0.3) is 0 Å². The predicted molar refractivity (Wildman–Crippen MR) is 96.4 cm³/mol. The molecule has 29 heavy (non-hydrogen) atoms. The minimum absolute atomic E-state index is 0.155. The molecule has 0 heterocycles. The van der Waals surface area contributed by atoms with Gasteiger partial charge in [-0.25, -0.2) is 0 Å². The molecule has 0 amide bonds. The van der Waals surface area contributed by atoms with Crippen LogP contribution in [0.2, 0.25) is 0 Å². The molecule has 0 radical (unpaired) electrons. The predicted octanol–water partition coefficient (Wildman–Crippen LogP) is 5.66. The summed E-state index contributed by atoms with van der Waals surface area (Å²) >= 11 is 0. The summed E-state index contributed by atoms with van der Waals surface area (Å²) in [5.41, 5.74) is -0.802. The zero-order valence-corrected chi connectivity index (χ0v) is 15.1. The van der Waals surface area contributed by atoms with Crippen LogP contribution in [0.25, 0.3) is 0 Å². The van der Waals surface area contributed by atoms with Gasteiger partial charge >= 0.3 is 12.2 Å². The molecule has 3 aromatic carbocycles. The molecule has 0 aromatic heterocycles. The average molecular weight is 408 g/mol. The number of aromatic hydroxyl groups is 2. The molecule has 3 rings (SSSR count). The largest absolute Gasteiger partial charge is 0.508 e. The smallest absolute Gasteiger partial charge is 0.426 e. The van der Waals surface area contributed by atoms with Crippen molar-refractivity contribution < 1.29 is 37.2 Å². The van der Waals surface area contributed by atoms with Crippen LogP contribution in [0.5, 0.6) is 23.0 Å². The molecule has 0 spiro atoms. The van der Waals surface area contributed by atoms with Crippen molar-refractivity contribution in [2.75, 3.05) is 0 Å². The third-order valence-electron chi connectivity index (χ3n) is 4.04. The monoisotopic (exact) mass is 408 g/mol. The number of aryl methyl sites for hydroxylation is 1. The van der Waals surface area contributed by atoms with E-state index in [0.29, 0.717) is 0 Å². The van der Waals surface area contributed by atoms with Crippen molar-refractivity contribution in [2.24, 2.45) is 0 Å². The van der Waals surface area contributed by atoms with Gasteiger partial charge in [0.15, 0.2) is 0 Å². The summed E-state index contributed by atoms with van der Waals surface area (Å²) in [6.45, 7) is 1.41. The van der Waals surface area contributed by atoms with Crippen LogP contribution in [-0.2, 0) is 12.2 Å². The average Bonchev–Trinajstić information content (AvgIpc) is 2.64. The van der Waals surface area contributed by atoms with Crippen LogP contribution in [0.4, 0.5) is 17.6 Å². The zero-order chi connectivity index (χ0) is 21.2. The first-order chi connectivity index (χ1) is 13.6.